The molecule has 0 aliphatic carbocycles. The van der Waals surface area contributed by atoms with E-state index in [1.165, 1.54) is 6.92 Å². The van der Waals surface area contributed by atoms with Crippen LogP contribution in [0.5, 0.6) is 0 Å². The molecule has 0 rings (SSSR count). The van der Waals surface area contributed by atoms with Crippen molar-refractivity contribution in [2.75, 3.05) is 5.75 Å². The Balaban J connectivity index is 3.40. The topological polar surface area (TPSA) is 101 Å². The van der Waals surface area contributed by atoms with E-state index >= 15 is 0 Å². The van der Waals surface area contributed by atoms with Crippen molar-refractivity contribution in [2.45, 2.75) is 38.3 Å². The maximum Gasteiger partial charge on any atom is 0.320 e. The number of unbranched alkanes of at least 4 members (excludes halogenated alkanes) is 1. The van der Waals surface area contributed by atoms with Gasteiger partial charge >= 0.3 is 5.97 Å². The van der Waals surface area contributed by atoms with Gasteiger partial charge in [-0.15, -0.1) is 0 Å². The number of hydrogen-bond acceptors (Lipinski definition) is 5. The number of carbonyl (C=O) groups excluding carboxylic acids is 1. The minimum absolute atomic E-state index is 0.252. The highest BCUT2D eigenvalue weighted by atomic mass is 32.2. The second kappa shape index (κ2) is 7.67. The number of carboxylic acids is 1. The molecule has 0 spiro atoms. The molecule has 0 heterocycles. The van der Waals surface area contributed by atoms with Gasteiger partial charge in [-0.05, 0) is 19.8 Å². The van der Waals surface area contributed by atoms with Crippen LogP contribution in [0.25, 0.3) is 0 Å². The third-order valence-electron chi connectivity index (χ3n) is 1.81. The molecule has 0 bridgehead atoms. The average molecular weight is 235 g/mol. The van der Waals surface area contributed by atoms with Crippen LogP contribution < -0.4 is 5.73 Å². The smallest absolute Gasteiger partial charge is 0.320 e. The quantitative estimate of drug-likeness (QED) is 0.545. The van der Waals surface area contributed by atoms with Crippen LogP contribution in [0.15, 0.2) is 0 Å². The number of rotatable bonds is 7. The Kier molecular flexibility index (Phi) is 7.37. The summed E-state index contributed by atoms with van der Waals surface area (Å²) in [6.45, 7) is 1.43. The van der Waals surface area contributed by atoms with Gasteiger partial charge in [-0.3, -0.25) is 9.59 Å². The van der Waals surface area contributed by atoms with Crippen LogP contribution >= 0.6 is 11.8 Å². The fraction of sp³-hybridized carbons (Fsp3) is 0.778. The summed E-state index contributed by atoms with van der Waals surface area (Å²) in [5.41, 5.74) is 5.29. The van der Waals surface area contributed by atoms with Crippen molar-refractivity contribution in [3.05, 3.63) is 0 Å². The predicted molar refractivity (Wildman–Crippen MR) is 58.6 cm³/mol. The molecular formula is C9H17NO4S. The summed E-state index contributed by atoms with van der Waals surface area (Å²) >= 11 is 1.07. The van der Waals surface area contributed by atoms with Gasteiger partial charge in [0.2, 0.25) is 5.12 Å². The Morgan fingerprint density at radius 1 is 1.40 bits per heavy atom. The molecule has 15 heavy (non-hydrogen) atoms. The lowest BCUT2D eigenvalue weighted by Gasteiger charge is -2.05. The summed E-state index contributed by atoms with van der Waals surface area (Å²) in [7, 11) is 0. The summed E-state index contributed by atoms with van der Waals surface area (Å²) in [6.07, 6.45) is 0.882. The van der Waals surface area contributed by atoms with Crippen molar-refractivity contribution < 1.29 is 19.8 Å². The number of aliphatic carboxylic acids is 1. The molecule has 88 valence electrons. The first-order chi connectivity index (χ1) is 6.95. The highest BCUT2D eigenvalue weighted by molar-refractivity contribution is 8.13. The van der Waals surface area contributed by atoms with Crippen LogP contribution in [0, 0.1) is 0 Å². The lowest BCUT2D eigenvalue weighted by atomic mass is 10.1. The molecule has 2 atom stereocenters. The van der Waals surface area contributed by atoms with Crippen LogP contribution in [0.2, 0.25) is 0 Å². The molecule has 5 nitrogen and oxygen atoms in total. The normalized spacial score (nSPS) is 14.6. The van der Waals surface area contributed by atoms with Crippen molar-refractivity contribution in [3.8, 4) is 0 Å². The third kappa shape index (κ3) is 7.35. The van der Waals surface area contributed by atoms with Gasteiger partial charge in [0.05, 0.1) is 0 Å². The van der Waals surface area contributed by atoms with Crippen molar-refractivity contribution >= 4 is 22.8 Å². The van der Waals surface area contributed by atoms with E-state index in [1.54, 1.807) is 0 Å². The zero-order valence-electron chi connectivity index (χ0n) is 8.68. The standard InChI is InChI=1S/C9H17NO4S/c1-6(11)9(14)15-5-3-2-4-7(10)8(12)13/h6-7,11H,2-5,10H2,1H3,(H,12,13). The summed E-state index contributed by atoms with van der Waals surface area (Å²) in [5.74, 6) is -0.404. The van der Waals surface area contributed by atoms with E-state index in [4.69, 9.17) is 15.9 Å². The fourth-order valence-electron chi connectivity index (χ4n) is 0.883. The molecule has 6 heteroatoms. The fourth-order valence-corrected chi connectivity index (χ4v) is 1.67. The Hall–Kier alpha value is -0.590. The second-order valence-electron chi connectivity index (χ2n) is 3.28. The molecule has 0 fully saturated rings. The molecule has 0 aromatic heterocycles. The summed E-state index contributed by atoms with van der Waals surface area (Å²) in [6, 6.07) is -0.817. The predicted octanol–water partition coefficient (Wildman–Crippen LogP) is 0.209. The Morgan fingerprint density at radius 3 is 2.47 bits per heavy atom. The van der Waals surface area contributed by atoms with E-state index in [0.717, 1.165) is 18.2 Å². The molecule has 0 aliphatic rings. The van der Waals surface area contributed by atoms with E-state index in [-0.39, 0.29) is 5.12 Å². The highest BCUT2D eigenvalue weighted by Crippen LogP contribution is 2.10. The van der Waals surface area contributed by atoms with Crippen molar-refractivity contribution in [2.24, 2.45) is 5.73 Å². The number of aliphatic hydroxyl groups is 1. The van der Waals surface area contributed by atoms with Gasteiger partial charge in [0, 0.05) is 5.75 Å². The average Bonchev–Trinajstić information content (AvgIpc) is 2.16. The van der Waals surface area contributed by atoms with E-state index in [0.29, 0.717) is 18.6 Å². The maximum absolute atomic E-state index is 10.9. The summed E-state index contributed by atoms with van der Waals surface area (Å²) in [5, 5.41) is 17.1. The second-order valence-corrected chi connectivity index (χ2v) is 4.38. The van der Waals surface area contributed by atoms with Gasteiger partial charge in [0.15, 0.2) is 0 Å². The number of nitrogens with two attached hydrogens (primary N) is 1. The number of hydrogen-bond donors (Lipinski definition) is 3. The van der Waals surface area contributed by atoms with Crippen molar-refractivity contribution in [1.29, 1.82) is 0 Å². The van der Waals surface area contributed by atoms with Crippen LogP contribution in [-0.4, -0.2) is 39.2 Å². The number of carbonyl (C=O) groups is 2. The molecule has 0 amide bonds. The maximum atomic E-state index is 10.9. The summed E-state index contributed by atoms with van der Waals surface area (Å²) in [4.78, 5) is 21.3. The zero-order valence-corrected chi connectivity index (χ0v) is 9.50. The molecule has 0 aromatic carbocycles. The Morgan fingerprint density at radius 2 is 2.00 bits per heavy atom. The molecule has 0 aromatic rings. The first kappa shape index (κ1) is 14.4. The van der Waals surface area contributed by atoms with Crippen LogP contribution in [0.4, 0.5) is 0 Å². The minimum Gasteiger partial charge on any atom is -0.480 e. The SMILES string of the molecule is CC(O)C(=O)SCCCCC(N)C(=O)O. The number of aliphatic hydroxyl groups excluding tert-OH is 1. The monoisotopic (exact) mass is 235 g/mol. The van der Waals surface area contributed by atoms with Crippen LogP contribution in [-0.2, 0) is 9.59 Å². The molecule has 0 aliphatic heterocycles. The first-order valence-corrected chi connectivity index (χ1v) is 5.76. The number of carboxylic acid groups (broad SMARTS) is 1. The van der Waals surface area contributed by atoms with Gasteiger partial charge < -0.3 is 15.9 Å². The minimum atomic E-state index is -0.997. The van der Waals surface area contributed by atoms with Gasteiger partial charge in [-0.2, -0.15) is 0 Å². The Labute approximate surface area is 93.0 Å². The molecule has 0 saturated carbocycles. The zero-order chi connectivity index (χ0) is 11.8. The van der Waals surface area contributed by atoms with Gasteiger partial charge in [-0.25, -0.2) is 0 Å². The van der Waals surface area contributed by atoms with Crippen LogP contribution in [0.1, 0.15) is 26.2 Å². The molecule has 0 radical (unpaired) electrons. The molecule has 4 N–H and O–H groups in total. The highest BCUT2D eigenvalue weighted by Gasteiger charge is 2.11. The van der Waals surface area contributed by atoms with Crippen molar-refractivity contribution in [3.63, 3.8) is 0 Å². The van der Waals surface area contributed by atoms with E-state index in [9.17, 15) is 9.59 Å². The van der Waals surface area contributed by atoms with Gasteiger partial charge in [-0.1, -0.05) is 18.2 Å². The van der Waals surface area contributed by atoms with Crippen molar-refractivity contribution in [1.82, 2.24) is 0 Å². The van der Waals surface area contributed by atoms with Gasteiger partial charge in [0.25, 0.3) is 0 Å². The lowest BCUT2D eigenvalue weighted by molar-refractivity contribution is -0.138. The largest absolute Gasteiger partial charge is 0.480 e. The van der Waals surface area contributed by atoms with Crippen LogP contribution in [0.3, 0.4) is 0 Å². The summed E-state index contributed by atoms with van der Waals surface area (Å²) < 4.78 is 0. The first-order valence-electron chi connectivity index (χ1n) is 4.78. The van der Waals surface area contributed by atoms with E-state index in [1.807, 2.05) is 0 Å². The van der Waals surface area contributed by atoms with E-state index in [2.05, 4.69) is 0 Å². The Bertz CT molecular complexity index is 220. The third-order valence-corrected chi connectivity index (χ3v) is 2.93. The molecule has 0 saturated heterocycles. The van der Waals surface area contributed by atoms with E-state index < -0.39 is 18.1 Å². The molecular weight excluding hydrogens is 218 g/mol. The molecule has 2 unspecified atom stereocenters. The lowest BCUT2D eigenvalue weighted by Crippen LogP contribution is -2.29. The number of thioether (sulfide) groups is 1. The van der Waals surface area contributed by atoms with Gasteiger partial charge in [0.1, 0.15) is 12.1 Å².